The first-order chi connectivity index (χ1) is 10.1. The second-order valence-corrected chi connectivity index (χ2v) is 5.15. The summed E-state index contributed by atoms with van der Waals surface area (Å²) in [6, 6.07) is 11.0. The lowest BCUT2D eigenvalue weighted by molar-refractivity contribution is 0.0785. The van der Waals surface area contributed by atoms with Gasteiger partial charge in [0.05, 0.1) is 5.56 Å². The number of nitrogens with zero attached hydrogens (tertiary/aromatic N) is 2. The Morgan fingerprint density at radius 1 is 1.29 bits per heavy atom. The lowest BCUT2D eigenvalue weighted by atomic mass is 10.2. The Balaban J connectivity index is 2.13. The molecule has 1 amide bonds. The summed E-state index contributed by atoms with van der Waals surface area (Å²) in [5, 5.41) is 3.80. The van der Waals surface area contributed by atoms with Crippen molar-refractivity contribution in [2.45, 2.75) is 13.5 Å². The highest BCUT2D eigenvalue weighted by molar-refractivity contribution is 6.30. The molecule has 1 aromatic heterocycles. The van der Waals surface area contributed by atoms with Crippen LogP contribution in [0.2, 0.25) is 5.02 Å². The van der Waals surface area contributed by atoms with Crippen molar-refractivity contribution in [2.75, 3.05) is 18.9 Å². The van der Waals surface area contributed by atoms with Crippen molar-refractivity contribution >= 4 is 23.3 Å². The van der Waals surface area contributed by atoms with Crippen LogP contribution in [0.3, 0.4) is 0 Å². The third-order valence-corrected chi connectivity index (χ3v) is 3.31. The van der Waals surface area contributed by atoms with E-state index in [4.69, 9.17) is 11.6 Å². The van der Waals surface area contributed by atoms with Crippen LogP contribution in [0.15, 0.2) is 42.6 Å². The Hall–Kier alpha value is -2.07. The molecule has 0 radical (unpaired) electrons. The lowest BCUT2D eigenvalue weighted by Gasteiger charge is -2.19. The van der Waals surface area contributed by atoms with Crippen LogP contribution in [-0.2, 0) is 6.54 Å². The molecule has 2 rings (SSSR count). The number of aromatic nitrogens is 1. The van der Waals surface area contributed by atoms with Crippen LogP contribution in [0, 0.1) is 0 Å². The highest BCUT2D eigenvalue weighted by Crippen LogP contribution is 2.16. The lowest BCUT2D eigenvalue weighted by Crippen LogP contribution is -2.27. The predicted molar refractivity (Wildman–Crippen MR) is 85.7 cm³/mol. The van der Waals surface area contributed by atoms with Crippen LogP contribution in [0.25, 0.3) is 0 Å². The Bertz CT molecular complexity index is 613. The molecule has 0 fully saturated rings. The summed E-state index contributed by atoms with van der Waals surface area (Å²) in [6.07, 6.45) is 1.67. The summed E-state index contributed by atoms with van der Waals surface area (Å²) in [6.45, 7) is 3.22. The highest BCUT2D eigenvalue weighted by Gasteiger charge is 2.16. The smallest absolute Gasteiger partial charge is 0.257 e. The molecule has 0 atom stereocenters. The summed E-state index contributed by atoms with van der Waals surface area (Å²) >= 11 is 5.87. The van der Waals surface area contributed by atoms with E-state index < -0.39 is 0 Å². The Kier molecular flexibility index (Phi) is 5.17. The van der Waals surface area contributed by atoms with Gasteiger partial charge in [0.2, 0.25) is 0 Å². The van der Waals surface area contributed by atoms with E-state index in [9.17, 15) is 4.79 Å². The monoisotopic (exact) mass is 303 g/mol. The van der Waals surface area contributed by atoms with E-state index in [-0.39, 0.29) is 5.91 Å². The maximum Gasteiger partial charge on any atom is 0.257 e. The fourth-order valence-corrected chi connectivity index (χ4v) is 2.15. The number of hydrogen-bond acceptors (Lipinski definition) is 3. The molecule has 0 unspecified atom stereocenters. The molecule has 0 saturated heterocycles. The van der Waals surface area contributed by atoms with E-state index in [2.05, 4.69) is 10.3 Å². The number of carbonyl (C=O) groups is 1. The second kappa shape index (κ2) is 7.09. The average molecular weight is 304 g/mol. The van der Waals surface area contributed by atoms with Crippen molar-refractivity contribution in [3.63, 3.8) is 0 Å². The molecule has 4 nitrogen and oxygen atoms in total. The van der Waals surface area contributed by atoms with Crippen LogP contribution in [0.4, 0.5) is 5.82 Å². The van der Waals surface area contributed by atoms with E-state index in [1.165, 1.54) is 0 Å². The van der Waals surface area contributed by atoms with Crippen LogP contribution < -0.4 is 5.32 Å². The van der Waals surface area contributed by atoms with E-state index in [1.54, 1.807) is 30.3 Å². The molecule has 110 valence electrons. The largest absolute Gasteiger partial charge is 0.370 e. The summed E-state index contributed by atoms with van der Waals surface area (Å²) < 4.78 is 0. The molecular formula is C16H18ClN3O. The second-order valence-electron chi connectivity index (χ2n) is 4.72. The summed E-state index contributed by atoms with van der Waals surface area (Å²) in [4.78, 5) is 18.4. The van der Waals surface area contributed by atoms with Gasteiger partial charge in [-0.2, -0.15) is 0 Å². The topological polar surface area (TPSA) is 45.2 Å². The molecule has 0 aliphatic carbocycles. The standard InChI is InChI=1S/C16H18ClN3O/c1-3-18-15-14(5-4-10-19-15)16(21)20(2)11-12-6-8-13(17)9-7-12/h4-10H,3,11H2,1-2H3,(H,18,19). The number of anilines is 1. The van der Waals surface area contributed by atoms with Crippen LogP contribution >= 0.6 is 11.6 Å². The third kappa shape index (κ3) is 3.95. The third-order valence-electron chi connectivity index (χ3n) is 3.06. The quantitative estimate of drug-likeness (QED) is 0.920. The predicted octanol–water partition coefficient (Wildman–Crippen LogP) is 3.44. The maximum atomic E-state index is 12.5. The molecule has 0 saturated carbocycles. The normalized spacial score (nSPS) is 10.2. The number of carbonyl (C=O) groups excluding carboxylic acids is 1. The van der Waals surface area contributed by atoms with Gasteiger partial charge in [0, 0.05) is 31.4 Å². The van der Waals surface area contributed by atoms with Gasteiger partial charge < -0.3 is 10.2 Å². The number of rotatable bonds is 5. The van der Waals surface area contributed by atoms with Gasteiger partial charge in [-0.25, -0.2) is 4.98 Å². The van der Waals surface area contributed by atoms with Gasteiger partial charge in [0.25, 0.3) is 5.91 Å². The van der Waals surface area contributed by atoms with Crippen molar-refractivity contribution in [1.29, 1.82) is 0 Å². The highest BCUT2D eigenvalue weighted by atomic mass is 35.5. The number of amides is 1. The van der Waals surface area contributed by atoms with E-state index in [0.29, 0.717) is 22.9 Å². The Morgan fingerprint density at radius 2 is 2.00 bits per heavy atom. The van der Waals surface area contributed by atoms with Crippen molar-refractivity contribution in [3.05, 3.63) is 58.7 Å². The number of hydrogen-bond donors (Lipinski definition) is 1. The SMILES string of the molecule is CCNc1ncccc1C(=O)N(C)Cc1ccc(Cl)cc1. The molecule has 0 aliphatic heterocycles. The van der Waals surface area contributed by atoms with E-state index in [0.717, 1.165) is 12.1 Å². The van der Waals surface area contributed by atoms with Crippen LogP contribution in [-0.4, -0.2) is 29.4 Å². The zero-order chi connectivity index (χ0) is 15.2. The Morgan fingerprint density at radius 3 is 2.67 bits per heavy atom. The first kappa shape index (κ1) is 15.3. The summed E-state index contributed by atoms with van der Waals surface area (Å²) in [5.41, 5.74) is 1.61. The fourth-order valence-electron chi connectivity index (χ4n) is 2.03. The fraction of sp³-hybridized carbons (Fsp3) is 0.250. The number of benzene rings is 1. The molecule has 21 heavy (non-hydrogen) atoms. The van der Waals surface area contributed by atoms with Gasteiger partial charge in [0.1, 0.15) is 5.82 Å². The van der Waals surface area contributed by atoms with Gasteiger partial charge in [-0.3, -0.25) is 4.79 Å². The number of nitrogens with one attached hydrogen (secondary N) is 1. The van der Waals surface area contributed by atoms with E-state index in [1.807, 2.05) is 31.2 Å². The molecule has 1 N–H and O–H groups in total. The van der Waals surface area contributed by atoms with Crippen molar-refractivity contribution in [2.24, 2.45) is 0 Å². The molecule has 2 aromatic rings. The minimum Gasteiger partial charge on any atom is -0.370 e. The minimum absolute atomic E-state index is 0.0611. The summed E-state index contributed by atoms with van der Waals surface area (Å²) in [5.74, 6) is 0.557. The first-order valence-electron chi connectivity index (χ1n) is 6.80. The van der Waals surface area contributed by atoms with E-state index >= 15 is 0 Å². The minimum atomic E-state index is -0.0611. The molecule has 5 heteroatoms. The molecule has 0 aliphatic rings. The Labute approximate surface area is 129 Å². The molecular weight excluding hydrogens is 286 g/mol. The molecule has 1 aromatic carbocycles. The molecule has 0 bridgehead atoms. The van der Waals surface area contributed by atoms with Gasteiger partial charge in [-0.15, -0.1) is 0 Å². The average Bonchev–Trinajstić information content (AvgIpc) is 2.50. The van der Waals surface area contributed by atoms with Crippen LogP contribution in [0.5, 0.6) is 0 Å². The van der Waals surface area contributed by atoms with Crippen molar-refractivity contribution in [3.8, 4) is 0 Å². The molecule has 1 heterocycles. The number of pyridine rings is 1. The first-order valence-corrected chi connectivity index (χ1v) is 7.18. The van der Waals surface area contributed by atoms with Gasteiger partial charge >= 0.3 is 0 Å². The maximum absolute atomic E-state index is 12.5. The van der Waals surface area contributed by atoms with Crippen molar-refractivity contribution < 1.29 is 4.79 Å². The van der Waals surface area contributed by atoms with Gasteiger partial charge in [0.15, 0.2) is 0 Å². The molecule has 0 spiro atoms. The van der Waals surface area contributed by atoms with Gasteiger partial charge in [-0.1, -0.05) is 23.7 Å². The summed E-state index contributed by atoms with van der Waals surface area (Å²) in [7, 11) is 1.78. The number of halogens is 1. The van der Waals surface area contributed by atoms with Crippen molar-refractivity contribution in [1.82, 2.24) is 9.88 Å². The van der Waals surface area contributed by atoms with Gasteiger partial charge in [-0.05, 0) is 36.8 Å². The van der Waals surface area contributed by atoms with Crippen LogP contribution in [0.1, 0.15) is 22.8 Å². The zero-order valence-corrected chi connectivity index (χ0v) is 12.9. The zero-order valence-electron chi connectivity index (χ0n) is 12.1.